The molecule has 1 amide bonds. The highest BCUT2D eigenvalue weighted by Gasteiger charge is 2.27. The van der Waals surface area contributed by atoms with Gasteiger partial charge in [0, 0.05) is 38.6 Å². The fraction of sp³-hybridized carbons (Fsp3) is 0.280. The van der Waals surface area contributed by atoms with Crippen LogP contribution in [-0.4, -0.2) is 58.6 Å². The van der Waals surface area contributed by atoms with Gasteiger partial charge in [-0.15, -0.1) is 0 Å². The molecule has 0 fully saturated rings. The molecule has 5 nitrogen and oxygen atoms in total. The molecule has 1 N–H and O–H groups in total. The first-order chi connectivity index (χ1) is 14.6. The molecule has 156 valence electrons. The van der Waals surface area contributed by atoms with Gasteiger partial charge >= 0.3 is 0 Å². The number of pyridine rings is 1. The smallest absolute Gasteiger partial charge is 0.255 e. The third-order valence-corrected chi connectivity index (χ3v) is 5.34. The molecule has 0 aliphatic heterocycles. The van der Waals surface area contributed by atoms with Gasteiger partial charge in [-0.25, -0.2) is 0 Å². The van der Waals surface area contributed by atoms with Gasteiger partial charge in [-0.3, -0.25) is 14.7 Å². The van der Waals surface area contributed by atoms with Crippen LogP contribution in [0.15, 0.2) is 85.2 Å². The van der Waals surface area contributed by atoms with E-state index in [0.717, 1.165) is 11.1 Å². The summed E-state index contributed by atoms with van der Waals surface area (Å²) in [6.45, 7) is 3.21. The monoisotopic (exact) mass is 403 g/mol. The Balaban J connectivity index is 1.85. The second-order valence-corrected chi connectivity index (χ2v) is 7.46. The largest absolute Gasteiger partial charge is 0.395 e. The van der Waals surface area contributed by atoms with E-state index in [4.69, 9.17) is 0 Å². The first-order valence-electron chi connectivity index (χ1n) is 10.2. The van der Waals surface area contributed by atoms with Gasteiger partial charge in [-0.05, 0) is 30.2 Å². The van der Waals surface area contributed by atoms with Gasteiger partial charge < -0.3 is 10.0 Å². The van der Waals surface area contributed by atoms with Crippen molar-refractivity contribution in [3.63, 3.8) is 0 Å². The second kappa shape index (κ2) is 10.7. The van der Waals surface area contributed by atoms with E-state index in [2.05, 4.69) is 34.1 Å². The topological polar surface area (TPSA) is 56.7 Å². The van der Waals surface area contributed by atoms with Crippen LogP contribution in [0, 0.1) is 0 Å². The number of aromatic nitrogens is 1. The zero-order chi connectivity index (χ0) is 21.3. The van der Waals surface area contributed by atoms with Crippen LogP contribution in [0.4, 0.5) is 0 Å². The fourth-order valence-electron chi connectivity index (χ4n) is 3.63. The van der Waals surface area contributed by atoms with Gasteiger partial charge in [-0.2, -0.15) is 0 Å². The molecule has 0 aliphatic carbocycles. The number of amides is 1. The number of likely N-dealkylation sites (N-methyl/N-ethyl adjacent to an activating group) is 1. The van der Waals surface area contributed by atoms with E-state index in [0.29, 0.717) is 18.7 Å². The lowest BCUT2D eigenvalue weighted by atomic mass is 9.95. The molecule has 3 rings (SSSR count). The first kappa shape index (κ1) is 21.7. The van der Waals surface area contributed by atoms with Gasteiger partial charge in [0.2, 0.25) is 0 Å². The Labute approximate surface area is 178 Å². The Morgan fingerprint density at radius 3 is 2.03 bits per heavy atom. The molecule has 1 aromatic heterocycles. The first-order valence-corrected chi connectivity index (χ1v) is 10.2. The van der Waals surface area contributed by atoms with Crippen molar-refractivity contribution in [2.45, 2.75) is 19.0 Å². The Bertz CT molecular complexity index is 864. The van der Waals surface area contributed by atoms with Gasteiger partial charge in [0.15, 0.2) is 0 Å². The summed E-state index contributed by atoms with van der Waals surface area (Å²) in [5.41, 5.74) is 2.89. The number of carbonyl (C=O) groups excluding carboxylic acids is 1. The molecular weight excluding hydrogens is 374 g/mol. The Hall–Kier alpha value is -3.02. The summed E-state index contributed by atoms with van der Waals surface area (Å²) in [6, 6.07) is 24.0. The molecule has 3 aromatic rings. The predicted molar refractivity (Wildman–Crippen MR) is 119 cm³/mol. The number of benzene rings is 2. The highest BCUT2D eigenvalue weighted by atomic mass is 16.3. The second-order valence-electron chi connectivity index (χ2n) is 7.46. The maximum absolute atomic E-state index is 12.7. The van der Waals surface area contributed by atoms with Crippen LogP contribution < -0.4 is 0 Å². The summed E-state index contributed by atoms with van der Waals surface area (Å²) in [6.07, 6.45) is 3.25. The summed E-state index contributed by atoms with van der Waals surface area (Å²) < 4.78 is 0. The lowest BCUT2D eigenvalue weighted by Crippen LogP contribution is -2.44. The number of hydrogen-bond acceptors (Lipinski definition) is 4. The molecule has 0 spiro atoms. The molecule has 1 heterocycles. The van der Waals surface area contributed by atoms with E-state index in [-0.39, 0.29) is 24.6 Å². The fourth-order valence-corrected chi connectivity index (χ4v) is 3.63. The van der Waals surface area contributed by atoms with E-state index in [1.807, 2.05) is 43.3 Å². The summed E-state index contributed by atoms with van der Waals surface area (Å²) >= 11 is 0. The van der Waals surface area contributed by atoms with Crippen molar-refractivity contribution in [1.29, 1.82) is 0 Å². The lowest BCUT2D eigenvalue weighted by molar-refractivity contribution is 0.0706. The molecule has 1 unspecified atom stereocenters. The normalized spacial score (nSPS) is 12.2. The van der Waals surface area contributed by atoms with Crippen LogP contribution in [0.25, 0.3) is 0 Å². The quantitative estimate of drug-likeness (QED) is 0.593. The number of aliphatic hydroxyl groups is 1. The van der Waals surface area contributed by atoms with E-state index < -0.39 is 0 Å². The minimum atomic E-state index is -0.0719. The number of hydrogen-bond donors (Lipinski definition) is 1. The minimum absolute atomic E-state index is 0.0172. The average Bonchev–Trinajstić information content (AvgIpc) is 2.82. The Kier molecular flexibility index (Phi) is 7.71. The Morgan fingerprint density at radius 2 is 1.53 bits per heavy atom. The molecular formula is C25H29N3O2. The third-order valence-electron chi connectivity index (χ3n) is 5.34. The molecule has 0 aliphatic rings. The van der Waals surface area contributed by atoms with Crippen molar-refractivity contribution >= 4 is 5.91 Å². The van der Waals surface area contributed by atoms with Gasteiger partial charge in [0.05, 0.1) is 18.2 Å². The highest BCUT2D eigenvalue weighted by molar-refractivity contribution is 5.93. The summed E-state index contributed by atoms with van der Waals surface area (Å²) in [4.78, 5) is 20.7. The van der Waals surface area contributed by atoms with Crippen molar-refractivity contribution in [3.8, 4) is 0 Å². The van der Waals surface area contributed by atoms with E-state index >= 15 is 0 Å². The molecule has 5 heteroatoms. The maximum Gasteiger partial charge on any atom is 0.255 e. The SMILES string of the molecule is CC(CO)N(CCN(C)C(=O)c1cccnc1)C(c1ccccc1)c1ccccc1. The van der Waals surface area contributed by atoms with E-state index in [1.54, 1.807) is 36.5 Å². The number of aliphatic hydroxyl groups excluding tert-OH is 1. The Morgan fingerprint density at radius 1 is 0.933 bits per heavy atom. The highest BCUT2D eigenvalue weighted by Crippen LogP contribution is 2.30. The third kappa shape index (κ3) is 5.32. The number of nitrogens with zero attached hydrogens (tertiary/aromatic N) is 3. The van der Waals surface area contributed by atoms with Crippen molar-refractivity contribution in [2.24, 2.45) is 0 Å². The molecule has 2 aromatic carbocycles. The lowest BCUT2D eigenvalue weighted by Gasteiger charge is -2.37. The van der Waals surface area contributed by atoms with Crippen LogP contribution in [0.3, 0.4) is 0 Å². The average molecular weight is 404 g/mol. The number of carbonyl (C=O) groups is 1. The zero-order valence-corrected chi connectivity index (χ0v) is 17.6. The predicted octanol–water partition coefficient (Wildman–Crippen LogP) is 3.63. The molecule has 1 atom stereocenters. The van der Waals surface area contributed by atoms with E-state index in [1.165, 1.54) is 0 Å². The standard InChI is InChI=1S/C25H29N3O2/c1-20(19-29)28(17-16-27(2)25(30)23-14-9-15-26-18-23)24(21-10-5-3-6-11-21)22-12-7-4-8-13-22/h3-15,18,20,24,29H,16-17,19H2,1-2H3. The van der Waals surface area contributed by atoms with Crippen molar-refractivity contribution in [1.82, 2.24) is 14.8 Å². The van der Waals surface area contributed by atoms with Gasteiger partial charge in [0.25, 0.3) is 5.91 Å². The maximum atomic E-state index is 12.7. The summed E-state index contributed by atoms with van der Waals surface area (Å²) in [7, 11) is 1.80. The van der Waals surface area contributed by atoms with Crippen LogP contribution >= 0.6 is 0 Å². The number of rotatable bonds is 9. The zero-order valence-electron chi connectivity index (χ0n) is 17.6. The van der Waals surface area contributed by atoms with Crippen LogP contribution in [0.5, 0.6) is 0 Å². The summed E-state index contributed by atoms with van der Waals surface area (Å²) in [5, 5.41) is 9.97. The van der Waals surface area contributed by atoms with Crippen LogP contribution in [-0.2, 0) is 0 Å². The van der Waals surface area contributed by atoms with Gasteiger partial charge in [-0.1, -0.05) is 60.7 Å². The molecule has 30 heavy (non-hydrogen) atoms. The van der Waals surface area contributed by atoms with Crippen LogP contribution in [0.1, 0.15) is 34.5 Å². The summed E-state index contributed by atoms with van der Waals surface area (Å²) in [5.74, 6) is -0.0596. The molecule has 0 saturated heterocycles. The molecule has 0 radical (unpaired) electrons. The van der Waals surface area contributed by atoms with Gasteiger partial charge in [0.1, 0.15) is 0 Å². The van der Waals surface area contributed by atoms with E-state index in [9.17, 15) is 9.90 Å². The van der Waals surface area contributed by atoms with Crippen LogP contribution in [0.2, 0.25) is 0 Å². The van der Waals surface area contributed by atoms with Crippen molar-refractivity contribution in [3.05, 3.63) is 102 Å². The molecule has 0 saturated carbocycles. The minimum Gasteiger partial charge on any atom is -0.395 e. The molecule has 0 bridgehead atoms. The van der Waals surface area contributed by atoms with Crippen molar-refractivity contribution < 1.29 is 9.90 Å². The van der Waals surface area contributed by atoms with Crippen molar-refractivity contribution in [2.75, 3.05) is 26.7 Å².